The van der Waals surface area contributed by atoms with Crippen LogP contribution in [0.5, 0.6) is 0 Å². The first-order chi connectivity index (χ1) is 3.71. The Balaban J connectivity index is 2.33. The normalized spacial score (nSPS) is 33.8. The van der Waals surface area contributed by atoms with Crippen LogP contribution in [0, 0.1) is 0 Å². The van der Waals surface area contributed by atoms with Gasteiger partial charge in [0.25, 0.3) is 0 Å². The molecule has 0 atom stereocenters. The third-order valence-electron chi connectivity index (χ3n) is 1.67. The molecule has 0 unspecified atom stereocenters. The summed E-state index contributed by atoms with van der Waals surface area (Å²) < 4.78 is 5.70. The molecule has 0 aromatic carbocycles. The van der Waals surface area contributed by atoms with Crippen LogP contribution in [0.25, 0.3) is 0 Å². The molecule has 0 N–H and O–H groups in total. The summed E-state index contributed by atoms with van der Waals surface area (Å²) >= 11 is 0. The molecule has 4 heteroatoms. The van der Waals surface area contributed by atoms with E-state index in [1.165, 1.54) is 6.04 Å². The van der Waals surface area contributed by atoms with Crippen LogP contribution in [0.3, 0.4) is 0 Å². The first-order valence-corrected chi connectivity index (χ1v) is 13.6. The van der Waals surface area contributed by atoms with E-state index in [9.17, 15) is 0 Å². The predicted molar refractivity (Wildman–Crippen MR) is 45.3 cm³/mol. The molecule has 1 rings (SSSR count). The van der Waals surface area contributed by atoms with Crippen LogP contribution in [0.15, 0.2) is 0 Å². The zero-order chi connectivity index (χ0) is 6.04. The van der Waals surface area contributed by atoms with Crippen molar-refractivity contribution in [3.63, 3.8) is 0 Å². The van der Waals surface area contributed by atoms with Gasteiger partial charge in [-0.05, 0) is 19.1 Å². The molecule has 1 aliphatic heterocycles. The molecule has 1 fully saturated rings. The lowest BCUT2D eigenvalue weighted by Crippen LogP contribution is -2.46. The second-order valence-electron chi connectivity index (χ2n) is 3.07. The van der Waals surface area contributed by atoms with Gasteiger partial charge in [0.1, 0.15) is 0 Å². The molecule has 0 radical (unpaired) electrons. The van der Waals surface area contributed by atoms with Crippen molar-refractivity contribution in [1.29, 1.82) is 0 Å². The maximum atomic E-state index is 5.70. The molecule has 1 heterocycles. The van der Waals surface area contributed by atoms with E-state index in [1.807, 2.05) is 0 Å². The van der Waals surface area contributed by atoms with Crippen LogP contribution in [0.4, 0.5) is 0 Å². The van der Waals surface area contributed by atoms with Crippen molar-refractivity contribution in [2.24, 2.45) is 0 Å². The molecule has 0 aromatic heterocycles. The van der Waals surface area contributed by atoms with Gasteiger partial charge in [0, 0.05) is 24.2 Å². The van der Waals surface area contributed by atoms with E-state index in [4.69, 9.17) is 4.43 Å². The highest BCUT2D eigenvalue weighted by Crippen LogP contribution is 2.06. The number of hydrogen-bond donors (Lipinski definition) is 0. The molecule has 0 saturated carbocycles. The molecule has 1 nitrogen and oxygen atoms in total. The lowest BCUT2D eigenvalue weighted by molar-refractivity contribution is 0.340. The van der Waals surface area contributed by atoms with Crippen LogP contribution >= 0.6 is 0 Å². The largest absolute Gasteiger partial charge is 0.421 e. The minimum absolute atomic E-state index is 0.392. The fourth-order valence-electron chi connectivity index (χ4n) is 1.07. The molecule has 48 valence electrons. The first kappa shape index (κ1) is 6.73. The van der Waals surface area contributed by atoms with Gasteiger partial charge in [-0.1, -0.05) is 0 Å². The molecule has 0 aliphatic carbocycles. The molecule has 0 aromatic rings. The van der Waals surface area contributed by atoms with Gasteiger partial charge in [-0.15, -0.1) is 0 Å². The van der Waals surface area contributed by atoms with Crippen LogP contribution in [0.2, 0.25) is 19.1 Å². The maximum absolute atomic E-state index is 5.70. The molecular weight excluding hydrogens is 148 g/mol. The summed E-state index contributed by atoms with van der Waals surface area (Å²) in [4.78, 5) is 0. The monoisotopic (exact) mass is 162 g/mol. The Hall–Kier alpha value is 0.611. The van der Waals surface area contributed by atoms with Gasteiger partial charge in [0.15, 0.2) is 7.83 Å². The summed E-state index contributed by atoms with van der Waals surface area (Å²) in [6.45, 7) is 5.91. The third kappa shape index (κ3) is 1.85. The fraction of sp³-hybridized carbons (Fsp3) is 1.00. The van der Waals surface area contributed by atoms with E-state index in [-0.39, 0.29) is 0 Å². The Labute approximate surface area is 56.2 Å². The third-order valence-corrected chi connectivity index (χ3v) is 25.8. The van der Waals surface area contributed by atoms with Crippen molar-refractivity contribution in [3.8, 4) is 0 Å². The lowest BCUT2D eigenvalue weighted by Gasteiger charge is -2.26. The van der Waals surface area contributed by atoms with Crippen molar-refractivity contribution in [2.45, 2.75) is 19.1 Å². The van der Waals surface area contributed by atoms with Crippen molar-refractivity contribution in [3.05, 3.63) is 0 Å². The molecule has 1 saturated heterocycles. The van der Waals surface area contributed by atoms with Gasteiger partial charge in [-0.3, -0.25) is 0 Å². The van der Waals surface area contributed by atoms with Crippen molar-refractivity contribution >= 4 is 25.4 Å². The fourth-order valence-corrected chi connectivity index (χ4v) is 19.6. The zero-order valence-electron chi connectivity index (χ0n) is 5.74. The van der Waals surface area contributed by atoms with Crippen LogP contribution in [0.1, 0.15) is 0 Å². The van der Waals surface area contributed by atoms with Gasteiger partial charge in [-0.2, -0.15) is 0 Å². The smallest absolute Gasteiger partial charge is 0.163 e. The zero-order valence-corrected chi connectivity index (χ0v) is 9.57. The predicted octanol–water partition coefficient (Wildman–Crippen LogP) is -0.611. The van der Waals surface area contributed by atoms with E-state index < -0.39 is 7.83 Å². The Morgan fingerprint density at radius 1 is 1.50 bits per heavy atom. The first-order valence-electron chi connectivity index (χ1n) is 3.35. The summed E-state index contributed by atoms with van der Waals surface area (Å²) in [7, 11) is -0.0179. The Bertz CT molecular complexity index is 75.4. The Morgan fingerprint density at radius 3 is 2.50 bits per heavy atom. The summed E-state index contributed by atoms with van der Waals surface area (Å²) in [5.41, 5.74) is 0. The van der Waals surface area contributed by atoms with E-state index in [1.54, 1.807) is 0 Å². The quantitative estimate of drug-likeness (QED) is 0.432. The lowest BCUT2D eigenvalue weighted by atomic mass is 10.9. The van der Waals surface area contributed by atoms with Crippen LogP contribution < -0.4 is 0 Å². The van der Waals surface area contributed by atoms with Gasteiger partial charge in [0.05, 0.1) is 0 Å². The molecule has 8 heavy (non-hydrogen) atoms. The molecule has 0 amide bonds. The van der Waals surface area contributed by atoms with Crippen molar-refractivity contribution in [2.75, 3.05) is 6.61 Å². The van der Waals surface area contributed by atoms with Gasteiger partial charge >= 0.3 is 0 Å². The van der Waals surface area contributed by atoms with Crippen LogP contribution in [-0.2, 0) is 4.43 Å². The van der Waals surface area contributed by atoms with E-state index in [0.717, 1.165) is 6.61 Å². The van der Waals surface area contributed by atoms with Crippen molar-refractivity contribution in [1.82, 2.24) is 0 Å². The maximum Gasteiger partial charge on any atom is 0.163 e. The topological polar surface area (TPSA) is 9.23 Å². The van der Waals surface area contributed by atoms with Gasteiger partial charge < -0.3 is 4.43 Å². The Morgan fingerprint density at radius 2 is 2.25 bits per heavy atom. The summed E-state index contributed by atoms with van der Waals surface area (Å²) in [5, 5.41) is 0. The van der Waals surface area contributed by atoms with E-state index in [2.05, 4.69) is 13.1 Å². The highest BCUT2D eigenvalue weighted by Gasteiger charge is 2.24. The highest BCUT2D eigenvalue weighted by molar-refractivity contribution is 7.41. The molecule has 0 bridgehead atoms. The molecule has 1 aliphatic rings. The van der Waals surface area contributed by atoms with Crippen LogP contribution in [-0.4, -0.2) is 32.0 Å². The minimum Gasteiger partial charge on any atom is -0.421 e. The molecule has 0 spiro atoms. The summed E-state index contributed by atoms with van der Waals surface area (Å²) in [6, 6.07) is 1.49. The highest BCUT2D eigenvalue weighted by atomic mass is 29.6. The summed E-state index contributed by atoms with van der Waals surface area (Å²) in [6.07, 6.45) is 0. The Kier molecular flexibility index (Phi) is 2.07. The second-order valence-corrected chi connectivity index (χ2v) is 22.0. The number of rotatable bonds is 0. The standard InChI is InChI=1S/C4H14OSi3/c1-8(2)5-3-4-6-7-8/h3-4,6-7H2,1-2H3. The average molecular weight is 162 g/mol. The van der Waals surface area contributed by atoms with Gasteiger partial charge in [-0.25, -0.2) is 0 Å². The van der Waals surface area contributed by atoms with Crippen molar-refractivity contribution < 1.29 is 4.43 Å². The summed E-state index contributed by atoms with van der Waals surface area (Å²) in [5.74, 6) is 0. The SMILES string of the molecule is C[Si]1(C)OCC[SiH2][SiH2]1. The molecular formula is C4H14OSi3. The second kappa shape index (κ2) is 2.47. The minimum atomic E-state index is -0.890. The average Bonchev–Trinajstić information content (AvgIpc) is 1.65. The van der Waals surface area contributed by atoms with E-state index >= 15 is 0 Å². The van der Waals surface area contributed by atoms with Gasteiger partial charge in [0.2, 0.25) is 0 Å². The van der Waals surface area contributed by atoms with E-state index in [0.29, 0.717) is 17.6 Å². The number of hydrogen-bond acceptors (Lipinski definition) is 1.